The first-order chi connectivity index (χ1) is 10.1. The van der Waals surface area contributed by atoms with Crippen molar-refractivity contribution in [1.82, 2.24) is 0 Å². The molecule has 0 atom stereocenters. The molecule has 1 aliphatic carbocycles. The van der Waals surface area contributed by atoms with Crippen molar-refractivity contribution in [2.45, 2.75) is 52.4 Å². The van der Waals surface area contributed by atoms with Gasteiger partial charge in [0, 0.05) is 23.8 Å². The Labute approximate surface area is 128 Å². The smallest absolute Gasteiger partial charge is 0.226 e. The van der Waals surface area contributed by atoms with Gasteiger partial charge in [-0.2, -0.15) is 0 Å². The third kappa shape index (κ3) is 5.41. The number of rotatable bonds is 6. The lowest BCUT2D eigenvalue weighted by molar-refractivity contribution is -0.118. The summed E-state index contributed by atoms with van der Waals surface area (Å²) < 4.78 is 0. The second-order valence-electron chi connectivity index (χ2n) is 6.44. The van der Waals surface area contributed by atoms with E-state index in [2.05, 4.69) is 16.7 Å². The second-order valence-corrected chi connectivity index (χ2v) is 6.44. The Morgan fingerprint density at radius 3 is 2.62 bits per heavy atom. The van der Waals surface area contributed by atoms with E-state index >= 15 is 0 Å². The lowest BCUT2D eigenvalue weighted by Gasteiger charge is -2.21. The van der Waals surface area contributed by atoms with Crippen LogP contribution in [0.15, 0.2) is 24.3 Å². The van der Waals surface area contributed by atoms with Crippen molar-refractivity contribution in [3.05, 3.63) is 24.3 Å². The maximum absolute atomic E-state index is 11.7. The first-order valence-corrected chi connectivity index (χ1v) is 8.30. The Hall–Kier alpha value is -1.51. The zero-order chi connectivity index (χ0) is 15.1. The average molecular weight is 288 g/mol. The number of hydrogen-bond acceptors (Lipinski definition) is 2. The molecule has 0 radical (unpaired) electrons. The molecule has 0 unspecified atom stereocenters. The van der Waals surface area contributed by atoms with Crippen LogP contribution >= 0.6 is 0 Å². The van der Waals surface area contributed by atoms with Crippen LogP contribution in [-0.2, 0) is 4.79 Å². The summed E-state index contributed by atoms with van der Waals surface area (Å²) in [5.41, 5.74) is 1.96. The lowest BCUT2D eigenvalue weighted by atomic mass is 9.87. The van der Waals surface area contributed by atoms with E-state index in [1.165, 1.54) is 38.5 Å². The standard InChI is InChI=1S/C18H28N2O/c1-14(2)18(21)20-17-10-6-9-16(13-17)19-12-11-15-7-4-3-5-8-15/h6,9-10,13-15,19H,3-5,7-8,11-12H2,1-2H3,(H,20,21). The van der Waals surface area contributed by atoms with Gasteiger partial charge in [0.25, 0.3) is 0 Å². The van der Waals surface area contributed by atoms with Gasteiger partial charge >= 0.3 is 0 Å². The Bertz CT molecular complexity index is 450. The van der Waals surface area contributed by atoms with Crippen LogP contribution in [0.5, 0.6) is 0 Å². The van der Waals surface area contributed by atoms with Crippen molar-refractivity contribution in [3.63, 3.8) is 0 Å². The third-order valence-electron chi connectivity index (χ3n) is 4.26. The monoisotopic (exact) mass is 288 g/mol. The molecule has 0 spiro atoms. The highest BCUT2D eigenvalue weighted by Crippen LogP contribution is 2.26. The van der Waals surface area contributed by atoms with Gasteiger partial charge in [0.1, 0.15) is 0 Å². The Balaban J connectivity index is 1.79. The van der Waals surface area contributed by atoms with Gasteiger partial charge in [-0.25, -0.2) is 0 Å². The van der Waals surface area contributed by atoms with Crippen molar-refractivity contribution in [3.8, 4) is 0 Å². The highest BCUT2D eigenvalue weighted by atomic mass is 16.1. The molecule has 0 aliphatic heterocycles. The van der Waals surface area contributed by atoms with Crippen LogP contribution in [0.25, 0.3) is 0 Å². The SMILES string of the molecule is CC(C)C(=O)Nc1cccc(NCCC2CCCCC2)c1. The molecule has 0 heterocycles. The summed E-state index contributed by atoms with van der Waals surface area (Å²) in [5, 5.41) is 6.43. The molecular weight excluding hydrogens is 260 g/mol. The van der Waals surface area contributed by atoms with E-state index in [9.17, 15) is 4.79 Å². The van der Waals surface area contributed by atoms with Crippen molar-refractivity contribution >= 4 is 17.3 Å². The molecule has 3 nitrogen and oxygen atoms in total. The number of amides is 1. The first kappa shape index (κ1) is 15.9. The number of benzene rings is 1. The van der Waals surface area contributed by atoms with E-state index in [1.807, 2.05) is 32.0 Å². The number of hydrogen-bond donors (Lipinski definition) is 2. The van der Waals surface area contributed by atoms with Crippen LogP contribution in [0.2, 0.25) is 0 Å². The van der Waals surface area contributed by atoms with Crippen LogP contribution in [0, 0.1) is 11.8 Å². The number of nitrogens with one attached hydrogen (secondary N) is 2. The first-order valence-electron chi connectivity index (χ1n) is 8.30. The normalized spacial score (nSPS) is 16.0. The predicted octanol–water partition coefficient (Wildman–Crippen LogP) is 4.66. The molecule has 1 fully saturated rings. The number of carbonyl (C=O) groups excluding carboxylic acids is 1. The van der Waals surface area contributed by atoms with Gasteiger partial charge in [0.15, 0.2) is 0 Å². The summed E-state index contributed by atoms with van der Waals surface area (Å²) in [4.78, 5) is 11.7. The molecule has 0 bridgehead atoms. The van der Waals surface area contributed by atoms with Crippen molar-refractivity contribution in [1.29, 1.82) is 0 Å². The van der Waals surface area contributed by atoms with Gasteiger partial charge in [-0.1, -0.05) is 52.0 Å². The Kier molecular flexibility index (Phi) is 6.09. The fraction of sp³-hybridized carbons (Fsp3) is 0.611. The zero-order valence-electron chi connectivity index (χ0n) is 13.3. The summed E-state index contributed by atoms with van der Waals surface area (Å²) in [6.45, 7) is 4.83. The molecule has 2 N–H and O–H groups in total. The van der Waals surface area contributed by atoms with Crippen molar-refractivity contribution in [2.24, 2.45) is 11.8 Å². The van der Waals surface area contributed by atoms with E-state index in [-0.39, 0.29) is 11.8 Å². The van der Waals surface area contributed by atoms with E-state index < -0.39 is 0 Å². The minimum Gasteiger partial charge on any atom is -0.385 e. The van der Waals surface area contributed by atoms with E-state index in [0.717, 1.165) is 23.8 Å². The summed E-state index contributed by atoms with van der Waals surface area (Å²) >= 11 is 0. The minimum atomic E-state index is 0.00733. The van der Waals surface area contributed by atoms with Crippen LogP contribution in [0.4, 0.5) is 11.4 Å². The molecule has 0 saturated heterocycles. The van der Waals surface area contributed by atoms with Gasteiger partial charge in [-0.15, -0.1) is 0 Å². The highest BCUT2D eigenvalue weighted by Gasteiger charge is 2.12. The van der Waals surface area contributed by atoms with Crippen LogP contribution in [-0.4, -0.2) is 12.5 Å². The lowest BCUT2D eigenvalue weighted by Crippen LogP contribution is -2.17. The van der Waals surface area contributed by atoms with Crippen molar-refractivity contribution in [2.75, 3.05) is 17.2 Å². The molecular formula is C18H28N2O. The van der Waals surface area contributed by atoms with Crippen molar-refractivity contribution < 1.29 is 4.79 Å². The van der Waals surface area contributed by atoms with E-state index in [4.69, 9.17) is 0 Å². The van der Waals surface area contributed by atoms with E-state index in [0.29, 0.717) is 0 Å². The summed E-state index contributed by atoms with van der Waals surface area (Å²) in [7, 11) is 0. The van der Waals surface area contributed by atoms with Gasteiger partial charge in [0.2, 0.25) is 5.91 Å². The summed E-state index contributed by atoms with van der Waals surface area (Å²) in [5.74, 6) is 0.970. The van der Waals surface area contributed by atoms with Crippen LogP contribution in [0.1, 0.15) is 52.4 Å². The van der Waals surface area contributed by atoms with Gasteiger partial charge < -0.3 is 10.6 Å². The molecule has 116 valence electrons. The zero-order valence-corrected chi connectivity index (χ0v) is 13.3. The predicted molar refractivity (Wildman–Crippen MR) is 89.6 cm³/mol. The Morgan fingerprint density at radius 2 is 1.90 bits per heavy atom. The minimum absolute atomic E-state index is 0.00733. The van der Waals surface area contributed by atoms with Gasteiger partial charge in [-0.05, 0) is 30.5 Å². The topological polar surface area (TPSA) is 41.1 Å². The van der Waals surface area contributed by atoms with E-state index in [1.54, 1.807) is 0 Å². The summed E-state index contributed by atoms with van der Waals surface area (Å²) in [6.07, 6.45) is 8.27. The molecule has 1 amide bonds. The van der Waals surface area contributed by atoms with Crippen LogP contribution in [0.3, 0.4) is 0 Å². The second kappa shape index (κ2) is 8.06. The quantitative estimate of drug-likeness (QED) is 0.799. The van der Waals surface area contributed by atoms with Crippen LogP contribution < -0.4 is 10.6 Å². The third-order valence-corrected chi connectivity index (χ3v) is 4.26. The molecule has 1 saturated carbocycles. The fourth-order valence-corrected chi connectivity index (χ4v) is 2.89. The largest absolute Gasteiger partial charge is 0.385 e. The molecule has 1 aliphatic rings. The molecule has 2 rings (SSSR count). The molecule has 0 aromatic heterocycles. The Morgan fingerprint density at radius 1 is 1.19 bits per heavy atom. The molecule has 1 aromatic rings. The fourth-order valence-electron chi connectivity index (χ4n) is 2.89. The average Bonchev–Trinajstić information content (AvgIpc) is 2.48. The highest BCUT2D eigenvalue weighted by molar-refractivity contribution is 5.92. The maximum Gasteiger partial charge on any atom is 0.226 e. The molecule has 3 heteroatoms. The van der Waals surface area contributed by atoms with Gasteiger partial charge in [-0.3, -0.25) is 4.79 Å². The maximum atomic E-state index is 11.7. The van der Waals surface area contributed by atoms with Gasteiger partial charge in [0.05, 0.1) is 0 Å². The summed E-state index contributed by atoms with van der Waals surface area (Å²) in [6, 6.07) is 8.00. The number of anilines is 2. The molecule has 1 aromatic carbocycles. The molecule has 21 heavy (non-hydrogen) atoms. The number of carbonyl (C=O) groups is 1.